The normalized spacial score (nSPS) is 11.1. The number of carbonyl (C=O) groups excluding carboxylic acids is 1. The molecule has 31 heavy (non-hydrogen) atoms. The largest absolute Gasteiger partial charge is 0.484 e. The van der Waals surface area contributed by atoms with E-state index in [1.54, 1.807) is 28.8 Å². The number of amides is 1. The number of H-pyrrole nitrogens is 1. The van der Waals surface area contributed by atoms with Crippen molar-refractivity contribution in [3.63, 3.8) is 0 Å². The molecule has 10 nitrogen and oxygen atoms in total. The lowest BCUT2D eigenvalue weighted by atomic mass is 10.2. The lowest BCUT2D eigenvalue weighted by molar-refractivity contribution is -0.364. The zero-order valence-corrected chi connectivity index (χ0v) is 17.9. The van der Waals surface area contributed by atoms with Crippen LogP contribution in [0.15, 0.2) is 33.9 Å². The summed E-state index contributed by atoms with van der Waals surface area (Å²) in [6.45, 7) is 5.78. The van der Waals surface area contributed by atoms with Crippen molar-refractivity contribution in [3.05, 3.63) is 45.1 Å². The smallest absolute Gasteiger partial charge is 0.332 e. The number of hydrogen-bond donors (Lipinski definition) is 3. The van der Waals surface area contributed by atoms with Gasteiger partial charge in [0.15, 0.2) is 12.3 Å². The van der Waals surface area contributed by atoms with Crippen molar-refractivity contribution in [2.45, 2.75) is 39.8 Å². The van der Waals surface area contributed by atoms with Gasteiger partial charge >= 0.3 is 5.69 Å². The molecule has 0 bridgehead atoms. The Balaban J connectivity index is 1.90. The molecule has 10 heteroatoms. The Morgan fingerprint density at radius 2 is 1.81 bits per heavy atom. The van der Waals surface area contributed by atoms with Crippen LogP contribution in [0.4, 0.5) is 0 Å². The third-order valence-corrected chi connectivity index (χ3v) is 4.75. The molecule has 0 spiro atoms. The maximum Gasteiger partial charge on any atom is 0.332 e. The molecule has 0 atom stereocenters. The Morgan fingerprint density at radius 1 is 1.13 bits per heavy atom. The highest BCUT2D eigenvalue weighted by molar-refractivity contribution is 5.77. The zero-order chi connectivity index (χ0) is 22.4. The lowest BCUT2D eigenvalue weighted by Crippen LogP contribution is -2.55. The third kappa shape index (κ3) is 4.85. The summed E-state index contributed by atoms with van der Waals surface area (Å²) in [5.41, 5.74) is 4.39. The molecule has 0 aliphatic heterocycles. The van der Waals surface area contributed by atoms with Crippen molar-refractivity contribution in [2.24, 2.45) is 0 Å². The fourth-order valence-electron chi connectivity index (χ4n) is 3.29. The van der Waals surface area contributed by atoms with Crippen LogP contribution in [0.3, 0.4) is 0 Å². The van der Waals surface area contributed by atoms with Gasteiger partial charge in [-0.1, -0.05) is 13.8 Å². The van der Waals surface area contributed by atoms with E-state index in [0.29, 0.717) is 55.3 Å². The van der Waals surface area contributed by atoms with Gasteiger partial charge < -0.3 is 20.8 Å². The number of benzene rings is 1. The molecule has 0 saturated heterocycles. The SMILES string of the molecule is CCCn1c(=O)c2[nH]c(-c3ccc(OCC(=O)NCC[NH3+])cc3)nc2n(CCC)c1=O. The second kappa shape index (κ2) is 10.1. The van der Waals surface area contributed by atoms with E-state index >= 15 is 0 Å². The highest BCUT2D eigenvalue weighted by Gasteiger charge is 2.17. The van der Waals surface area contributed by atoms with Crippen LogP contribution in [0.25, 0.3) is 22.6 Å². The first-order valence-electron chi connectivity index (χ1n) is 10.5. The number of rotatable bonds is 10. The Bertz CT molecular complexity index is 1160. The molecule has 5 N–H and O–H groups in total. The van der Waals surface area contributed by atoms with E-state index in [1.807, 2.05) is 13.8 Å². The molecule has 2 heterocycles. The van der Waals surface area contributed by atoms with E-state index in [-0.39, 0.29) is 23.8 Å². The summed E-state index contributed by atoms with van der Waals surface area (Å²) in [6.07, 6.45) is 1.43. The minimum Gasteiger partial charge on any atom is -0.484 e. The molecular weight excluding hydrogens is 400 g/mol. The predicted molar refractivity (Wildman–Crippen MR) is 117 cm³/mol. The van der Waals surface area contributed by atoms with E-state index in [1.165, 1.54) is 4.57 Å². The molecule has 1 aromatic carbocycles. The molecule has 0 aliphatic carbocycles. The van der Waals surface area contributed by atoms with E-state index in [2.05, 4.69) is 21.0 Å². The van der Waals surface area contributed by atoms with Crippen LogP contribution in [-0.4, -0.2) is 44.7 Å². The number of fused-ring (bicyclic) bond motifs is 1. The predicted octanol–water partition coefficient (Wildman–Crippen LogP) is 0.110. The average molecular weight is 430 g/mol. The number of quaternary nitrogens is 1. The van der Waals surface area contributed by atoms with Crippen molar-refractivity contribution >= 4 is 17.1 Å². The highest BCUT2D eigenvalue weighted by atomic mass is 16.5. The monoisotopic (exact) mass is 429 g/mol. The Kier molecular flexibility index (Phi) is 7.24. The quantitative estimate of drug-likeness (QED) is 0.420. The summed E-state index contributed by atoms with van der Waals surface area (Å²) < 4.78 is 8.29. The topological polar surface area (TPSA) is 139 Å². The maximum atomic E-state index is 12.8. The van der Waals surface area contributed by atoms with Crippen molar-refractivity contribution in [3.8, 4) is 17.1 Å². The van der Waals surface area contributed by atoms with Crippen LogP contribution in [0.1, 0.15) is 26.7 Å². The highest BCUT2D eigenvalue weighted by Crippen LogP contribution is 2.21. The van der Waals surface area contributed by atoms with E-state index < -0.39 is 0 Å². The summed E-state index contributed by atoms with van der Waals surface area (Å²) in [4.78, 5) is 44.9. The summed E-state index contributed by atoms with van der Waals surface area (Å²) in [6, 6.07) is 7.03. The van der Waals surface area contributed by atoms with Crippen LogP contribution in [0.5, 0.6) is 5.75 Å². The third-order valence-electron chi connectivity index (χ3n) is 4.75. The molecule has 0 radical (unpaired) electrons. The van der Waals surface area contributed by atoms with Crippen molar-refractivity contribution in [1.29, 1.82) is 0 Å². The number of hydrogen-bond acceptors (Lipinski definition) is 5. The number of imidazole rings is 1. The molecule has 3 aromatic rings. The van der Waals surface area contributed by atoms with Crippen LogP contribution in [-0.2, 0) is 17.9 Å². The number of nitrogens with zero attached hydrogens (tertiary/aromatic N) is 3. The van der Waals surface area contributed by atoms with Crippen LogP contribution < -0.4 is 27.0 Å². The van der Waals surface area contributed by atoms with E-state index in [0.717, 1.165) is 12.0 Å². The lowest BCUT2D eigenvalue weighted by Gasteiger charge is -2.09. The Hall–Kier alpha value is -3.40. The minimum absolute atomic E-state index is 0.0791. The molecule has 1 amide bonds. The first kappa shape index (κ1) is 22.3. The van der Waals surface area contributed by atoms with Crippen molar-refractivity contribution < 1.29 is 15.3 Å². The van der Waals surface area contributed by atoms with E-state index in [4.69, 9.17) is 4.74 Å². The van der Waals surface area contributed by atoms with Crippen molar-refractivity contribution in [1.82, 2.24) is 24.4 Å². The fourth-order valence-corrected chi connectivity index (χ4v) is 3.29. The number of aromatic nitrogens is 4. The molecular formula is C21H29N6O4+. The molecule has 0 aliphatic rings. The van der Waals surface area contributed by atoms with Gasteiger partial charge in [-0.2, -0.15) is 0 Å². The first-order chi connectivity index (χ1) is 15.0. The summed E-state index contributed by atoms with van der Waals surface area (Å²) in [5, 5.41) is 2.69. The molecule has 0 unspecified atom stereocenters. The summed E-state index contributed by atoms with van der Waals surface area (Å²) in [7, 11) is 0. The summed E-state index contributed by atoms with van der Waals surface area (Å²) in [5.74, 6) is 0.824. The number of carbonyl (C=O) groups is 1. The second-order valence-electron chi connectivity index (χ2n) is 7.19. The van der Waals surface area contributed by atoms with Crippen LogP contribution >= 0.6 is 0 Å². The Labute approximate surface area is 179 Å². The van der Waals surface area contributed by atoms with Gasteiger partial charge in [-0.25, -0.2) is 9.78 Å². The van der Waals surface area contributed by atoms with Gasteiger partial charge in [0.2, 0.25) is 0 Å². The molecule has 0 fully saturated rings. The van der Waals surface area contributed by atoms with Gasteiger partial charge in [0.1, 0.15) is 17.1 Å². The number of nitrogens with one attached hydrogen (secondary N) is 2. The fraction of sp³-hybridized carbons (Fsp3) is 0.429. The summed E-state index contributed by atoms with van der Waals surface area (Å²) >= 11 is 0. The van der Waals surface area contributed by atoms with Gasteiger partial charge in [0, 0.05) is 18.7 Å². The number of ether oxygens (including phenoxy) is 1. The Morgan fingerprint density at radius 3 is 2.45 bits per heavy atom. The van der Waals surface area contributed by atoms with Gasteiger partial charge in [-0.3, -0.25) is 18.7 Å². The second-order valence-corrected chi connectivity index (χ2v) is 7.19. The van der Waals surface area contributed by atoms with Crippen molar-refractivity contribution in [2.75, 3.05) is 19.7 Å². The van der Waals surface area contributed by atoms with Crippen LogP contribution in [0, 0.1) is 0 Å². The molecule has 0 saturated carbocycles. The van der Waals surface area contributed by atoms with Gasteiger partial charge in [0.05, 0.1) is 13.1 Å². The maximum absolute atomic E-state index is 12.8. The average Bonchev–Trinajstić information content (AvgIpc) is 3.22. The minimum atomic E-state index is -0.360. The van der Waals surface area contributed by atoms with Gasteiger partial charge in [-0.05, 0) is 37.1 Å². The first-order valence-corrected chi connectivity index (χ1v) is 10.5. The molecule has 3 rings (SSSR count). The zero-order valence-electron chi connectivity index (χ0n) is 17.9. The number of aryl methyl sites for hydroxylation is 1. The molecule has 2 aromatic heterocycles. The standard InChI is InChI=1S/C21H28N6O4/c1-3-11-26-19-17(20(29)27(12-4-2)21(26)30)24-18(25-19)14-5-7-15(8-6-14)31-13-16(28)23-10-9-22/h5-8H,3-4,9-13,22H2,1-2H3,(H,23,28)(H,24,25)/p+1. The number of aromatic amines is 1. The van der Waals surface area contributed by atoms with Gasteiger partial charge in [-0.15, -0.1) is 0 Å². The van der Waals surface area contributed by atoms with Gasteiger partial charge in [0.25, 0.3) is 11.5 Å². The van der Waals surface area contributed by atoms with E-state index in [9.17, 15) is 14.4 Å². The van der Waals surface area contributed by atoms with Crippen LogP contribution in [0.2, 0.25) is 0 Å². The molecule has 166 valence electrons.